The predicted molar refractivity (Wildman–Crippen MR) is 126 cm³/mol. The molecule has 4 rings (SSSR count). The smallest absolute Gasteiger partial charge is 0.225 e. The highest BCUT2D eigenvalue weighted by Gasteiger charge is 2.33. The number of aryl methyl sites for hydroxylation is 1. The number of rotatable bonds is 6. The summed E-state index contributed by atoms with van der Waals surface area (Å²) in [7, 11) is 1.58. The number of anilines is 1. The zero-order valence-corrected chi connectivity index (χ0v) is 19.7. The van der Waals surface area contributed by atoms with Crippen LogP contribution in [0.4, 0.5) is 5.82 Å². The summed E-state index contributed by atoms with van der Waals surface area (Å²) in [4.78, 5) is 31.4. The molecule has 2 aromatic heterocycles. The summed E-state index contributed by atoms with van der Waals surface area (Å²) in [6.07, 6.45) is 5.37. The standard InChI is InChI=1S/C23H32N6O2S/c1-16-26-20(15-32-16)22(27-31-2)18-6-11-29(12-7-18)23(30)19-4-9-28(10-5-19)14-17-3-8-25-21(24)13-17/h3,8,13,15,18-19H,4-7,9-12,14H2,1-2H3,(H2,24,25). The monoisotopic (exact) mass is 456 g/mol. The van der Waals surface area contributed by atoms with Crippen LogP contribution in [0.15, 0.2) is 28.9 Å². The highest BCUT2D eigenvalue weighted by molar-refractivity contribution is 7.09. The van der Waals surface area contributed by atoms with Crippen LogP contribution in [-0.4, -0.2) is 64.7 Å². The van der Waals surface area contributed by atoms with Crippen LogP contribution in [0, 0.1) is 18.8 Å². The topological polar surface area (TPSA) is 96.9 Å². The molecule has 0 aromatic carbocycles. The van der Waals surface area contributed by atoms with Crippen molar-refractivity contribution in [3.8, 4) is 0 Å². The van der Waals surface area contributed by atoms with E-state index in [9.17, 15) is 4.79 Å². The fourth-order valence-electron chi connectivity index (χ4n) is 4.73. The summed E-state index contributed by atoms with van der Waals surface area (Å²) in [5.41, 5.74) is 8.78. The summed E-state index contributed by atoms with van der Waals surface area (Å²) >= 11 is 1.62. The van der Waals surface area contributed by atoms with Gasteiger partial charge < -0.3 is 15.5 Å². The number of nitrogens with two attached hydrogens (primary N) is 1. The van der Waals surface area contributed by atoms with Gasteiger partial charge in [0.1, 0.15) is 18.6 Å². The fourth-order valence-corrected chi connectivity index (χ4v) is 5.34. The minimum Gasteiger partial charge on any atom is -0.399 e. The Labute approximate surface area is 193 Å². The van der Waals surface area contributed by atoms with Gasteiger partial charge in [-0.25, -0.2) is 9.97 Å². The van der Waals surface area contributed by atoms with E-state index in [-0.39, 0.29) is 11.8 Å². The lowest BCUT2D eigenvalue weighted by molar-refractivity contribution is -0.138. The maximum atomic E-state index is 13.2. The number of hydrogen-bond donors (Lipinski definition) is 1. The van der Waals surface area contributed by atoms with Gasteiger partial charge in [0.05, 0.1) is 10.7 Å². The van der Waals surface area contributed by atoms with Crippen molar-refractivity contribution in [3.63, 3.8) is 0 Å². The molecule has 0 aliphatic carbocycles. The minimum absolute atomic E-state index is 0.124. The maximum Gasteiger partial charge on any atom is 0.225 e. The number of piperidine rings is 2. The van der Waals surface area contributed by atoms with Crippen LogP contribution in [0.25, 0.3) is 0 Å². The minimum atomic E-state index is 0.124. The number of carbonyl (C=O) groups is 1. The fraction of sp³-hybridized carbons (Fsp3) is 0.565. The van der Waals surface area contributed by atoms with E-state index in [0.29, 0.717) is 11.7 Å². The molecular formula is C23H32N6O2S. The van der Waals surface area contributed by atoms with Gasteiger partial charge in [0.25, 0.3) is 0 Å². The number of pyridine rings is 1. The van der Waals surface area contributed by atoms with Crippen LogP contribution in [0.5, 0.6) is 0 Å². The van der Waals surface area contributed by atoms with Crippen molar-refractivity contribution in [1.29, 1.82) is 0 Å². The predicted octanol–water partition coefficient (Wildman–Crippen LogP) is 2.93. The molecule has 2 aliphatic rings. The van der Waals surface area contributed by atoms with Crippen LogP contribution in [0.1, 0.15) is 41.9 Å². The molecule has 0 bridgehead atoms. The molecule has 2 N–H and O–H groups in total. The van der Waals surface area contributed by atoms with E-state index in [4.69, 9.17) is 10.6 Å². The number of hydrogen-bond acceptors (Lipinski definition) is 8. The van der Waals surface area contributed by atoms with Crippen LogP contribution < -0.4 is 5.73 Å². The van der Waals surface area contributed by atoms with E-state index in [2.05, 4.69) is 24.9 Å². The first-order valence-electron chi connectivity index (χ1n) is 11.3. The number of carbonyl (C=O) groups excluding carboxylic acids is 1. The van der Waals surface area contributed by atoms with Gasteiger partial charge >= 0.3 is 0 Å². The Balaban J connectivity index is 1.27. The van der Waals surface area contributed by atoms with E-state index in [0.717, 1.165) is 74.8 Å². The van der Waals surface area contributed by atoms with Gasteiger partial charge in [0.15, 0.2) is 0 Å². The average Bonchev–Trinajstić information content (AvgIpc) is 3.23. The molecule has 0 unspecified atom stereocenters. The Bertz CT molecular complexity index is 945. The summed E-state index contributed by atoms with van der Waals surface area (Å²) in [5, 5.41) is 7.34. The van der Waals surface area contributed by atoms with Gasteiger partial charge in [-0.15, -0.1) is 11.3 Å². The quantitative estimate of drug-likeness (QED) is 0.530. The molecule has 172 valence electrons. The SMILES string of the molecule is CON=C(c1csc(C)n1)C1CCN(C(=O)C2CCN(Cc3ccnc(N)c3)CC2)CC1. The van der Waals surface area contributed by atoms with Gasteiger partial charge in [-0.2, -0.15) is 0 Å². The Morgan fingerprint density at radius 2 is 1.94 bits per heavy atom. The lowest BCUT2D eigenvalue weighted by atomic mass is 9.88. The first-order valence-corrected chi connectivity index (χ1v) is 12.2. The largest absolute Gasteiger partial charge is 0.399 e. The second kappa shape index (κ2) is 10.4. The number of nitrogen functional groups attached to an aromatic ring is 1. The summed E-state index contributed by atoms with van der Waals surface area (Å²) < 4.78 is 0. The van der Waals surface area contributed by atoms with Crippen molar-refractivity contribution in [2.75, 3.05) is 39.0 Å². The molecule has 4 heterocycles. The molecule has 0 radical (unpaired) electrons. The molecule has 0 atom stereocenters. The van der Waals surface area contributed by atoms with E-state index in [1.165, 1.54) is 5.56 Å². The third kappa shape index (κ3) is 5.45. The van der Waals surface area contributed by atoms with Gasteiger partial charge in [-0.1, -0.05) is 5.16 Å². The van der Waals surface area contributed by atoms with Crippen LogP contribution in [-0.2, 0) is 16.2 Å². The molecule has 0 saturated carbocycles. The Morgan fingerprint density at radius 1 is 1.22 bits per heavy atom. The molecule has 2 saturated heterocycles. The zero-order valence-electron chi connectivity index (χ0n) is 18.9. The normalized spacial score (nSPS) is 19.3. The number of thiazole rings is 1. The van der Waals surface area contributed by atoms with Crippen LogP contribution in [0.3, 0.4) is 0 Å². The molecule has 2 aliphatic heterocycles. The molecule has 2 aromatic rings. The number of oxime groups is 1. The molecule has 2 fully saturated rings. The highest BCUT2D eigenvalue weighted by atomic mass is 32.1. The van der Waals surface area contributed by atoms with E-state index in [1.54, 1.807) is 24.6 Å². The summed E-state index contributed by atoms with van der Waals surface area (Å²) in [6.45, 7) is 6.26. The molecule has 0 spiro atoms. The maximum absolute atomic E-state index is 13.2. The second-order valence-corrected chi connectivity index (χ2v) is 9.71. The van der Waals surface area contributed by atoms with Gasteiger partial charge in [-0.05, 0) is 63.4 Å². The van der Waals surface area contributed by atoms with Gasteiger partial charge in [0, 0.05) is 43.0 Å². The number of amides is 1. The molecule has 32 heavy (non-hydrogen) atoms. The van der Waals surface area contributed by atoms with Gasteiger partial charge in [0.2, 0.25) is 5.91 Å². The molecule has 9 heteroatoms. The van der Waals surface area contributed by atoms with Crippen molar-refractivity contribution in [2.45, 2.75) is 39.2 Å². The first kappa shape index (κ1) is 22.7. The van der Waals surface area contributed by atoms with Crippen molar-refractivity contribution in [1.82, 2.24) is 19.8 Å². The first-order chi connectivity index (χ1) is 15.5. The Kier molecular flexibility index (Phi) is 7.36. The molecular weight excluding hydrogens is 424 g/mol. The average molecular weight is 457 g/mol. The third-order valence-electron chi connectivity index (χ3n) is 6.45. The summed E-state index contributed by atoms with van der Waals surface area (Å²) in [5.74, 6) is 1.26. The van der Waals surface area contributed by atoms with Crippen molar-refractivity contribution in [3.05, 3.63) is 40.0 Å². The van der Waals surface area contributed by atoms with Crippen molar-refractivity contribution >= 4 is 28.8 Å². The van der Waals surface area contributed by atoms with Crippen molar-refractivity contribution < 1.29 is 9.63 Å². The van der Waals surface area contributed by atoms with Crippen LogP contribution in [0.2, 0.25) is 0 Å². The van der Waals surface area contributed by atoms with E-state index < -0.39 is 0 Å². The summed E-state index contributed by atoms with van der Waals surface area (Å²) in [6, 6.07) is 3.93. The van der Waals surface area contributed by atoms with E-state index >= 15 is 0 Å². The lowest BCUT2D eigenvalue weighted by Crippen LogP contribution is -2.46. The zero-order chi connectivity index (χ0) is 22.5. The number of aromatic nitrogens is 2. The highest BCUT2D eigenvalue weighted by Crippen LogP contribution is 2.27. The molecule has 1 amide bonds. The van der Waals surface area contributed by atoms with E-state index in [1.807, 2.05) is 24.4 Å². The second-order valence-electron chi connectivity index (χ2n) is 8.65. The lowest BCUT2D eigenvalue weighted by Gasteiger charge is -2.37. The van der Waals surface area contributed by atoms with Gasteiger partial charge in [-0.3, -0.25) is 9.69 Å². The van der Waals surface area contributed by atoms with Crippen LogP contribution >= 0.6 is 11.3 Å². The molecule has 8 nitrogen and oxygen atoms in total. The Hall–Kier alpha value is -2.52. The Morgan fingerprint density at radius 3 is 2.56 bits per heavy atom. The van der Waals surface area contributed by atoms with Crippen molar-refractivity contribution in [2.24, 2.45) is 17.0 Å². The number of nitrogens with zero attached hydrogens (tertiary/aromatic N) is 5. The number of likely N-dealkylation sites (tertiary alicyclic amines) is 2. The third-order valence-corrected chi connectivity index (χ3v) is 7.23.